The summed E-state index contributed by atoms with van der Waals surface area (Å²) in [5, 5.41) is 13.3. The van der Waals surface area contributed by atoms with Crippen LogP contribution in [-0.2, 0) is 4.79 Å². The van der Waals surface area contributed by atoms with Crippen molar-refractivity contribution in [2.45, 2.75) is 19.8 Å². The van der Waals surface area contributed by atoms with Crippen molar-refractivity contribution in [1.29, 1.82) is 0 Å². The van der Waals surface area contributed by atoms with E-state index in [0.717, 1.165) is 5.56 Å². The molecule has 7 heteroatoms. The highest BCUT2D eigenvalue weighted by atomic mass is 16.5. The standard InChI is InChI=1S/C18H18N4O3/c1-11-2-4-12(5-3-11)14-15-16(25-21-14)17(20-10-19-15)22-8-6-13(7-9-22)18(23)24/h2-5,10,13H,6-9H2,1H3,(H,23,24). The van der Waals surface area contributed by atoms with Crippen molar-refractivity contribution in [3.63, 3.8) is 0 Å². The molecule has 1 aliphatic rings. The van der Waals surface area contributed by atoms with Gasteiger partial charge in [0.05, 0.1) is 5.92 Å². The summed E-state index contributed by atoms with van der Waals surface area (Å²) in [6, 6.07) is 8.03. The molecule has 25 heavy (non-hydrogen) atoms. The van der Waals surface area contributed by atoms with Crippen LogP contribution >= 0.6 is 0 Å². The number of nitrogens with zero attached hydrogens (tertiary/aromatic N) is 4. The van der Waals surface area contributed by atoms with Crippen LogP contribution in [0.25, 0.3) is 22.4 Å². The molecular formula is C18H18N4O3. The number of anilines is 1. The molecule has 4 rings (SSSR count). The molecule has 0 atom stereocenters. The second kappa shape index (κ2) is 6.16. The zero-order valence-corrected chi connectivity index (χ0v) is 13.8. The third-order valence-corrected chi connectivity index (χ3v) is 4.71. The summed E-state index contributed by atoms with van der Waals surface area (Å²) in [4.78, 5) is 21.9. The molecule has 1 aliphatic heterocycles. The van der Waals surface area contributed by atoms with E-state index in [0.29, 0.717) is 48.5 Å². The van der Waals surface area contributed by atoms with Gasteiger partial charge in [0.25, 0.3) is 0 Å². The normalized spacial score (nSPS) is 15.6. The number of hydrogen-bond acceptors (Lipinski definition) is 6. The summed E-state index contributed by atoms with van der Waals surface area (Å²) in [5.74, 6) is -0.333. The van der Waals surface area contributed by atoms with Crippen molar-refractivity contribution in [2.75, 3.05) is 18.0 Å². The Bertz CT molecular complexity index is 912. The Kier molecular flexibility index (Phi) is 3.83. The van der Waals surface area contributed by atoms with E-state index in [-0.39, 0.29) is 5.92 Å². The lowest BCUT2D eigenvalue weighted by Gasteiger charge is -2.30. The zero-order chi connectivity index (χ0) is 17.4. The molecule has 0 bridgehead atoms. The minimum absolute atomic E-state index is 0.286. The number of hydrogen-bond donors (Lipinski definition) is 1. The Morgan fingerprint density at radius 2 is 1.92 bits per heavy atom. The minimum Gasteiger partial charge on any atom is -0.481 e. The van der Waals surface area contributed by atoms with Gasteiger partial charge in [-0.25, -0.2) is 9.97 Å². The van der Waals surface area contributed by atoms with E-state index in [2.05, 4.69) is 15.1 Å². The molecule has 1 saturated heterocycles. The first-order chi connectivity index (χ1) is 12.1. The summed E-state index contributed by atoms with van der Waals surface area (Å²) in [6.07, 6.45) is 2.70. The molecule has 1 fully saturated rings. The average Bonchev–Trinajstić information content (AvgIpc) is 3.06. The molecule has 0 aliphatic carbocycles. The maximum Gasteiger partial charge on any atom is 0.306 e. The van der Waals surface area contributed by atoms with Crippen LogP contribution < -0.4 is 4.90 Å². The van der Waals surface area contributed by atoms with E-state index in [1.165, 1.54) is 11.9 Å². The van der Waals surface area contributed by atoms with E-state index in [9.17, 15) is 4.79 Å². The number of benzene rings is 1. The van der Waals surface area contributed by atoms with Crippen LogP contribution in [0, 0.1) is 12.8 Å². The smallest absolute Gasteiger partial charge is 0.306 e. The van der Waals surface area contributed by atoms with Crippen LogP contribution in [0.5, 0.6) is 0 Å². The van der Waals surface area contributed by atoms with Gasteiger partial charge in [0.2, 0.25) is 5.58 Å². The van der Waals surface area contributed by atoms with Gasteiger partial charge >= 0.3 is 5.97 Å². The van der Waals surface area contributed by atoms with Crippen molar-refractivity contribution in [2.24, 2.45) is 5.92 Å². The summed E-state index contributed by atoms with van der Waals surface area (Å²) >= 11 is 0. The van der Waals surface area contributed by atoms with Crippen LogP contribution in [0.2, 0.25) is 0 Å². The number of aryl methyl sites for hydroxylation is 1. The van der Waals surface area contributed by atoms with Gasteiger partial charge in [-0.05, 0) is 19.8 Å². The second-order valence-corrected chi connectivity index (χ2v) is 6.37. The molecule has 0 radical (unpaired) electrons. The van der Waals surface area contributed by atoms with Gasteiger partial charge in [-0.1, -0.05) is 35.0 Å². The maximum absolute atomic E-state index is 11.1. The minimum atomic E-state index is -0.728. The van der Waals surface area contributed by atoms with Gasteiger partial charge < -0.3 is 14.5 Å². The van der Waals surface area contributed by atoms with Gasteiger partial charge in [-0.2, -0.15) is 0 Å². The number of aromatic nitrogens is 3. The van der Waals surface area contributed by atoms with E-state index in [4.69, 9.17) is 9.63 Å². The van der Waals surface area contributed by atoms with E-state index in [1.54, 1.807) is 0 Å². The van der Waals surface area contributed by atoms with Crippen molar-refractivity contribution >= 4 is 22.9 Å². The van der Waals surface area contributed by atoms with Crippen LogP contribution in [0.15, 0.2) is 35.1 Å². The van der Waals surface area contributed by atoms with Crippen molar-refractivity contribution in [3.8, 4) is 11.3 Å². The van der Waals surface area contributed by atoms with Crippen LogP contribution in [0.3, 0.4) is 0 Å². The SMILES string of the molecule is Cc1ccc(-c2noc3c(N4CCC(C(=O)O)CC4)ncnc23)cc1. The van der Waals surface area contributed by atoms with E-state index < -0.39 is 5.97 Å². The first-order valence-electron chi connectivity index (χ1n) is 8.28. The summed E-state index contributed by atoms with van der Waals surface area (Å²) < 4.78 is 5.56. The Morgan fingerprint density at radius 3 is 2.60 bits per heavy atom. The Morgan fingerprint density at radius 1 is 1.20 bits per heavy atom. The van der Waals surface area contributed by atoms with E-state index >= 15 is 0 Å². The van der Waals surface area contributed by atoms with Crippen molar-refractivity contribution in [1.82, 2.24) is 15.1 Å². The molecule has 1 N–H and O–H groups in total. The molecule has 3 aromatic rings. The molecule has 3 heterocycles. The number of rotatable bonds is 3. The topological polar surface area (TPSA) is 92.4 Å². The van der Waals surface area contributed by atoms with Gasteiger partial charge in [0.1, 0.15) is 17.5 Å². The maximum atomic E-state index is 11.1. The highest BCUT2D eigenvalue weighted by molar-refractivity contribution is 5.93. The lowest BCUT2D eigenvalue weighted by atomic mass is 9.97. The van der Waals surface area contributed by atoms with Crippen LogP contribution in [-0.4, -0.2) is 39.3 Å². The largest absolute Gasteiger partial charge is 0.481 e. The fourth-order valence-corrected chi connectivity index (χ4v) is 3.22. The Balaban J connectivity index is 1.68. The Labute approximate surface area is 144 Å². The average molecular weight is 338 g/mol. The molecule has 128 valence electrons. The van der Waals surface area contributed by atoms with Crippen LogP contribution in [0.4, 0.5) is 5.82 Å². The Hall–Kier alpha value is -2.96. The fraction of sp³-hybridized carbons (Fsp3) is 0.333. The van der Waals surface area contributed by atoms with Gasteiger partial charge in [-0.15, -0.1) is 0 Å². The van der Waals surface area contributed by atoms with Crippen molar-refractivity contribution < 1.29 is 14.4 Å². The number of carboxylic acid groups (broad SMARTS) is 1. The quantitative estimate of drug-likeness (QED) is 0.785. The summed E-state index contributed by atoms with van der Waals surface area (Å²) in [7, 11) is 0. The predicted molar refractivity (Wildman–Crippen MR) is 92.3 cm³/mol. The van der Waals surface area contributed by atoms with Gasteiger partial charge in [0, 0.05) is 18.7 Å². The first kappa shape index (κ1) is 15.6. The van der Waals surface area contributed by atoms with Gasteiger partial charge in [0.15, 0.2) is 5.82 Å². The number of fused-ring (bicyclic) bond motifs is 1. The number of carboxylic acids is 1. The predicted octanol–water partition coefficient (Wildman–Crippen LogP) is 2.89. The third kappa shape index (κ3) is 2.82. The molecular weight excluding hydrogens is 320 g/mol. The molecule has 0 amide bonds. The lowest BCUT2D eigenvalue weighted by Crippen LogP contribution is -2.36. The molecule has 1 aromatic carbocycles. The molecule has 7 nitrogen and oxygen atoms in total. The van der Waals surface area contributed by atoms with E-state index in [1.807, 2.05) is 36.1 Å². The third-order valence-electron chi connectivity index (χ3n) is 4.71. The number of aliphatic carboxylic acids is 1. The molecule has 0 spiro atoms. The lowest BCUT2D eigenvalue weighted by molar-refractivity contribution is -0.142. The first-order valence-corrected chi connectivity index (χ1v) is 8.28. The summed E-state index contributed by atoms with van der Waals surface area (Å²) in [5.41, 5.74) is 4.03. The highest BCUT2D eigenvalue weighted by Crippen LogP contribution is 2.32. The van der Waals surface area contributed by atoms with Gasteiger partial charge in [-0.3, -0.25) is 4.79 Å². The van der Waals surface area contributed by atoms with Crippen LogP contribution in [0.1, 0.15) is 18.4 Å². The fourth-order valence-electron chi connectivity index (χ4n) is 3.22. The monoisotopic (exact) mass is 338 g/mol. The zero-order valence-electron chi connectivity index (χ0n) is 13.8. The number of carbonyl (C=O) groups is 1. The summed E-state index contributed by atoms with van der Waals surface area (Å²) in [6.45, 7) is 3.29. The van der Waals surface area contributed by atoms with Crippen molar-refractivity contribution in [3.05, 3.63) is 36.2 Å². The number of piperidine rings is 1. The second-order valence-electron chi connectivity index (χ2n) is 6.37. The molecule has 0 unspecified atom stereocenters. The molecule has 0 saturated carbocycles. The highest BCUT2D eigenvalue weighted by Gasteiger charge is 2.27. The molecule has 2 aromatic heterocycles.